The minimum absolute atomic E-state index is 0.00514. The van der Waals surface area contributed by atoms with Crippen molar-refractivity contribution in [1.82, 2.24) is 0 Å². The number of phosphoric acid groups is 2. The lowest BCUT2D eigenvalue weighted by Gasteiger charge is -2.21. The fraction of sp³-hybridized carbons (Fsp3) is 0.609. The van der Waals surface area contributed by atoms with Crippen LogP contribution >= 0.6 is 15.6 Å². The predicted molar refractivity (Wildman–Crippen MR) is 436 cm³/mol. The number of hydrogen-bond acceptors (Lipinski definition) is 15. The van der Waals surface area contributed by atoms with Gasteiger partial charge in [0, 0.05) is 25.7 Å². The molecule has 600 valence electrons. The second kappa shape index (κ2) is 77.3. The van der Waals surface area contributed by atoms with Crippen LogP contribution < -0.4 is 0 Å². The standard InChI is InChI=1S/C87H140O17P2/c1-5-9-13-17-21-25-29-33-37-39-40-42-45-48-52-56-60-64-68-72-85(90)98-78-83(104-87(92)74-70-66-62-58-54-50-46-41-38-34-30-26-22-18-14-10-6-2)80-102-106(95,96)100-76-81(88)75-99-105(93,94)101-79-82(103-86(91)73-69-65-61-57-53-49-44-36-32-28-24-20-16-12-8-4)77-97-84(89)71-67-63-59-55-51-47-43-35-31-27-23-19-15-11-7-3/h9,13,21-28,33-38,40,42-44,46,48,50-52,55,58,60,62,64,81-83,88H,5-8,10-12,14-20,29-32,39,41,45,47,49,53-54,56-57,59,61,63,65-80H2,1-4H3,(H,93,94)(H,95,96)/b13-9-,25-21-,26-22-,27-23-,28-24-,37-33-,38-34-,42-40-,43-35-,44-36-,50-46-,52-48-,55-51-,62-58-,64-60-/t81?,82-,83-/m1/s1. The molecular formula is C87H140O17P2. The quantitative estimate of drug-likeness (QED) is 0.0169. The highest BCUT2D eigenvalue weighted by Gasteiger charge is 2.30. The third-order valence-corrected chi connectivity index (χ3v) is 17.7. The van der Waals surface area contributed by atoms with Crippen molar-refractivity contribution in [2.24, 2.45) is 0 Å². The molecule has 0 spiro atoms. The summed E-state index contributed by atoms with van der Waals surface area (Å²) in [5.41, 5.74) is 0. The normalized spacial score (nSPS) is 14.8. The average molecular weight is 1520 g/mol. The van der Waals surface area contributed by atoms with E-state index in [4.69, 9.17) is 37.0 Å². The van der Waals surface area contributed by atoms with Gasteiger partial charge in [0.15, 0.2) is 12.2 Å². The van der Waals surface area contributed by atoms with Crippen LogP contribution in [0.15, 0.2) is 182 Å². The Morgan fingerprint density at radius 3 is 0.868 bits per heavy atom. The zero-order valence-corrected chi connectivity index (χ0v) is 67.3. The van der Waals surface area contributed by atoms with Gasteiger partial charge in [-0.2, -0.15) is 0 Å². The van der Waals surface area contributed by atoms with Gasteiger partial charge < -0.3 is 33.8 Å². The third-order valence-electron chi connectivity index (χ3n) is 15.8. The predicted octanol–water partition coefficient (Wildman–Crippen LogP) is 23.6. The fourth-order valence-corrected chi connectivity index (χ4v) is 11.3. The molecule has 106 heavy (non-hydrogen) atoms. The number of ether oxygens (including phenoxy) is 4. The molecule has 0 aliphatic carbocycles. The van der Waals surface area contributed by atoms with E-state index in [1.807, 2.05) is 30.4 Å². The van der Waals surface area contributed by atoms with Gasteiger partial charge in [-0.15, -0.1) is 0 Å². The maximum absolute atomic E-state index is 13.1. The van der Waals surface area contributed by atoms with Gasteiger partial charge >= 0.3 is 39.5 Å². The molecule has 0 aliphatic heterocycles. The van der Waals surface area contributed by atoms with Gasteiger partial charge in [0.25, 0.3) is 0 Å². The van der Waals surface area contributed by atoms with Crippen LogP contribution in [0.4, 0.5) is 0 Å². The highest BCUT2D eigenvalue weighted by Crippen LogP contribution is 2.45. The number of hydrogen-bond donors (Lipinski definition) is 3. The average Bonchev–Trinajstić information content (AvgIpc) is 0.902. The molecule has 0 rings (SSSR count). The molecule has 0 saturated carbocycles. The molecule has 3 N–H and O–H groups in total. The lowest BCUT2D eigenvalue weighted by Crippen LogP contribution is -2.30. The van der Waals surface area contributed by atoms with Gasteiger partial charge in [-0.05, 0) is 173 Å². The van der Waals surface area contributed by atoms with Gasteiger partial charge in [-0.1, -0.05) is 268 Å². The number of aliphatic hydroxyl groups excluding tert-OH is 1. The van der Waals surface area contributed by atoms with Crippen LogP contribution in [-0.4, -0.2) is 96.7 Å². The molecule has 3 unspecified atom stereocenters. The van der Waals surface area contributed by atoms with Crippen molar-refractivity contribution in [3.63, 3.8) is 0 Å². The molecule has 0 radical (unpaired) electrons. The SMILES string of the molecule is CC/C=C\C/C=C\C/C=C\C/C=C\C/C=C\C/C=C\CCC(=O)OC[C@H](COP(=O)(O)OCC(O)COP(=O)(O)OC[C@@H](COC(=O)CCCC/C=C\C/C=C\C/C=C\CCCCC)OC(=O)CCCCCCC/C=C\C/C=C\CCCCC)OC(=O)CCC/C=C\C/C=C\C/C=C\C/C=C\CCCCC. The van der Waals surface area contributed by atoms with Gasteiger partial charge in [0.1, 0.15) is 19.3 Å². The first-order valence-electron chi connectivity index (χ1n) is 40.0. The van der Waals surface area contributed by atoms with Crippen LogP contribution in [0.25, 0.3) is 0 Å². The molecule has 0 bridgehead atoms. The summed E-state index contributed by atoms with van der Waals surface area (Å²) in [6.45, 7) is 4.44. The Labute approximate surface area is 641 Å². The van der Waals surface area contributed by atoms with Crippen LogP contribution in [0.2, 0.25) is 0 Å². The first kappa shape index (κ1) is 100. The lowest BCUT2D eigenvalue weighted by atomic mass is 10.1. The van der Waals surface area contributed by atoms with Crippen LogP contribution in [0.3, 0.4) is 0 Å². The zero-order chi connectivity index (χ0) is 77.4. The number of unbranched alkanes of at least 4 members (excludes halogenated alkanes) is 17. The van der Waals surface area contributed by atoms with E-state index in [2.05, 4.69) is 180 Å². The van der Waals surface area contributed by atoms with E-state index < -0.39 is 97.5 Å². The number of carbonyl (C=O) groups excluding carboxylic acids is 4. The topological polar surface area (TPSA) is 237 Å². The summed E-state index contributed by atoms with van der Waals surface area (Å²) >= 11 is 0. The van der Waals surface area contributed by atoms with Crippen molar-refractivity contribution >= 4 is 39.5 Å². The van der Waals surface area contributed by atoms with E-state index in [0.29, 0.717) is 38.5 Å². The van der Waals surface area contributed by atoms with E-state index in [1.165, 1.54) is 57.8 Å². The Bertz CT molecular complexity index is 2730. The molecule has 0 aromatic carbocycles. The highest BCUT2D eigenvalue weighted by molar-refractivity contribution is 7.47. The van der Waals surface area contributed by atoms with Crippen LogP contribution in [0.5, 0.6) is 0 Å². The van der Waals surface area contributed by atoms with E-state index in [9.17, 15) is 43.2 Å². The number of allylic oxidation sites excluding steroid dienone is 30. The minimum Gasteiger partial charge on any atom is -0.462 e. The Kier molecular flexibility index (Phi) is 73.1. The summed E-state index contributed by atoms with van der Waals surface area (Å²) in [5, 5.41) is 10.6. The summed E-state index contributed by atoms with van der Waals surface area (Å²) in [4.78, 5) is 73.0. The zero-order valence-electron chi connectivity index (χ0n) is 65.5. The van der Waals surface area contributed by atoms with Crippen molar-refractivity contribution < 1.29 is 80.2 Å². The van der Waals surface area contributed by atoms with Crippen molar-refractivity contribution in [2.45, 2.75) is 303 Å². The second-order valence-corrected chi connectivity index (χ2v) is 28.8. The molecule has 0 fully saturated rings. The van der Waals surface area contributed by atoms with Crippen molar-refractivity contribution in [3.8, 4) is 0 Å². The van der Waals surface area contributed by atoms with E-state index >= 15 is 0 Å². The molecule has 0 heterocycles. The first-order chi connectivity index (χ1) is 51.7. The number of phosphoric ester groups is 2. The number of esters is 4. The van der Waals surface area contributed by atoms with Gasteiger partial charge in [0.05, 0.1) is 26.4 Å². The van der Waals surface area contributed by atoms with Gasteiger partial charge in [0.2, 0.25) is 0 Å². The van der Waals surface area contributed by atoms with Crippen molar-refractivity contribution in [1.29, 1.82) is 0 Å². The summed E-state index contributed by atoms with van der Waals surface area (Å²) in [6.07, 6.45) is 93.2. The summed E-state index contributed by atoms with van der Waals surface area (Å²) in [5.74, 6) is -2.42. The number of carbonyl (C=O) groups is 4. The maximum Gasteiger partial charge on any atom is 0.472 e. The second-order valence-electron chi connectivity index (χ2n) is 25.9. The maximum atomic E-state index is 13.1. The van der Waals surface area contributed by atoms with Crippen molar-refractivity contribution in [3.05, 3.63) is 182 Å². The van der Waals surface area contributed by atoms with Crippen LogP contribution in [-0.2, 0) is 65.4 Å². The van der Waals surface area contributed by atoms with Crippen LogP contribution in [0.1, 0.15) is 285 Å². The monoisotopic (exact) mass is 1520 g/mol. The number of rotatable bonds is 73. The first-order valence-corrected chi connectivity index (χ1v) is 43.0. The van der Waals surface area contributed by atoms with Gasteiger partial charge in [-0.3, -0.25) is 37.3 Å². The lowest BCUT2D eigenvalue weighted by molar-refractivity contribution is -0.161. The molecule has 0 aromatic heterocycles. The van der Waals surface area contributed by atoms with Crippen molar-refractivity contribution in [2.75, 3.05) is 39.6 Å². The largest absolute Gasteiger partial charge is 0.472 e. The highest BCUT2D eigenvalue weighted by atomic mass is 31.2. The molecule has 0 amide bonds. The molecule has 0 aromatic rings. The van der Waals surface area contributed by atoms with Crippen LogP contribution in [0, 0.1) is 0 Å². The Morgan fingerprint density at radius 1 is 0.274 bits per heavy atom. The Balaban J connectivity index is 5.55. The molecule has 19 heteroatoms. The smallest absolute Gasteiger partial charge is 0.462 e. The molecule has 0 aliphatic rings. The van der Waals surface area contributed by atoms with E-state index in [1.54, 1.807) is 0 Å². The fourth-order valence-electron chi connectivity index (χ4n) is 9.74. The molecular weight excluding hydrogens is 1380 g/mol. The summed E-state index contributed by atoms with van der Waals surface area (Å²) in [6, 6.07) is 0. The molecule has 5 atom stereocenters. The van der Waals surface area contributed by atoms with E-state index in [-0.39, 0.29) is 25.7 Å². The molecule has 17 nitrogen and oxygen atoms in total. The minimum atomic E-state index is -5.02. The Morgan fingerprint density at radius 2 is 0.519 bits per heavy atom. The summed E-state index contributed by atoms with van der Waals surface area (Å²) < 4.78 is 68.4. The van der Waals surface area contributed by atoms with Gasteiger partial charge in [-0.25, -0.2) is 9.13 Å². The third kappa shape index (κ3) is 76.4. The molecule has 0 saturated heterocycles. The van der Waals surface area contributed by atoms with E-state index in [0.717, 1.165) is 135 Å². The summed E-state index contributed by atoms with van der Waals surface area (Å²) in [7, 11) is -10.0. The number of aliphatic hydroxyl groups is 1. The Hall–Kier alpha value is -5.84.